The lowest BCUT2D eigenvalue weighted by Crippen LogP contribution is -2.52. The molecule has 302 valence electrons. The minimum absolute atomic E-state index is 0.932. The quantitative estimate of drug-likeness (QED) is 0.0981. The molecule has 0 aliphatic rings. The first-order valence-electron chi connectivity index (χ1n) is 25.0. The molecule has 1 nitrogen and oxygen atoms in total. The zero-order valence-corrected chi connectivity index (χ0v) is 44.9. The fraction of sp³-hybridized carbons (Fsp3) is 0. The van der Waals surface area contributed by atoms with Crippen molar-refractivity contribution >= 4 is 345 Å². The second-order valence-corrected chi connectivity index (χ2v) is 21.3. The van der Waals surface area contributed by atoms with E-state index in [1.165, 1.54) is 202 Å². The van der Waals surface area contributed by atoms with Gasteiger partial charge in [-0.05, 0) is 88.6 Å². The van der Waals surface area contributed by atoms with Gasteiger partial charge in [0.25, 0.3) is 0 Å². The third-order valence-corrected chi connectivity index (χ3v) is 18.8. The molecule has 9 aromatic carbocycles. The Morgan fingerprint density at radius 1 is 0.206 bits per heavy atom. The van der Waals surface area contributed by atoms with Gasteiger partial charge in [0.2, 0.25) is 0 Å². The highest BCUT2D eigenvalue weighted by atomic mass is 16.3. The molecule has 0 spiro atoms. The van der Waals surface area contributed by atoms with Crippen LogP contribution in [0.2, 0.25) is 0 Å². The maximum Gasteiger partial charge on any atom is 0.140 e. The van der Waals surface area contributed by atoms with E-state index >= 15 is 0 Å². The molecule has 10 rings (SSSR count). The summed E-state index contributed by atoms with van der Waals surface area (Å²) in [6, 6.07) is 15.1. The summed E-state index contributed by atoms with van der Waals surface area (Å²) in [4.78, 5) is 0. The SMILES string of the molecule is Bc1c(B)c(-c2cccc3oc4ccccc4c23)c(B)c(B)c1-c1c2c(B)c(B)c(B)c(B)c2c(-c2c(B)c3c(B)c(B)c(B)c(B)c3c3c(B)c(B)c(B)c(B)c23)c2c(B)c(B)c(B)c(B)c12. The molecule has 0 atom stereocenters. The predicted octanol–water partition coefficient (Wildman–Crippen LogP) is -23.4. The molecule has 0 fully saturated rings. The Kier molecular flexibility index (Phi) is 11.1. The largest absolute Gasteiger partial charge is 0.456 e. The van der Waals surface area contributed by atoms with Crippen molar-refractivity contribution in [3.05, 3.63) is 42.5 Å². The summed E-state index contributed by atoms with van der Waals surface area (Å²) in [6.07, 6.45) is 0. The van der Waals surface area contributed by atoms with Crippen molar-refractivity contribution in [1.82, 2.24) is 0 Å². The van der Waals surface area contributed by atoms with E-state index in [4.69, 9.17) is 4.42 Å². The van der Waals surface area contributed by atoms with Gasteiger partial charge in [0.15, 0.2) is 0 Å². The molecule has 0 saturated carbocycles. The van der Waals surface area contributed by atoms with Crippen LogP contribution in [0.1, 0.15) is 0 Å². The molecule has 0 aliphatic heterocycles. The zero-order valence-electron chi connectivity index (χ0n) is 44.9. The summed E-state index contributed by atoms with van der Waals surface area (Å²) in [6.45, 7) is 0. The van der Waals surface area contributed by atoms with Gasteiger partial charge in [-0.2, -0.15) is 0 Å². The van der Waals surface area contributed by atoms with E-state index in [0.717, 1.165) is 11.2 Å². The van der Waals surface area contributed by atoms with E-state index in [2.05, 4.69) is 207 Å². The third-order valence-electron chi connectivity index (χ3n) is 18.8. The normalized spacial score (nSPS) is 11.9. The van der Waals surface area contributed by atoms with Crippen molar-refractivity contribution in [3.8, 4) is 33.4 Å². The summed E-state index contributed by atoms with van der Waals surface area (Å²) in [5, 5.41) is 13.7. The van der Waals surface area contributed by atoms with Crippen molar-refractivity contribution < 1.29 is 4.42 Å². The van der Waals surface area contributed by atoms with Crippen molar-refractivity contribution in [3.63, 3.8) is 0 Å². The van der Waals surface area contributed by atoms with Crippen molar-refractivity contribution in [2.75, 3.05) is 0 Å². The van der Waals surface area contributed by atoms with Gasteiger partial charge >= 0.3 is 0 Å². The average Bonchev–Trinajstić information content (AvgIpc) is 3.71. The second kappa shape index (κ2) is 16.1. The van der Waals surface area contributed by atoms with Gasteiger partial charge in [0.1, 0.15) is 176 Å². The van der Waals surface area contributed by atoms with Gasteiger partial charge in [-0.1, -0.05) is 101 Å². The van der Waals surface area contributed by atoms with Crippen LogP contribution in [0.25, 0.3) is 98.4 Å². The Hall–Kier alpha value is -4.82. The molecular weight excluding hydrogens is 796 g/mol. The maximum atomic E-state index is 6.49. The Morgan fingerprint density at radius 3 is 0.971 bits per heavy atom. The summed E-state index contributed by atoms with van der Waals surface area (Å²) in [7, 11) is 50.1. The predicted molar refractivity (Wildman–Crippen MR) is 372 cm³/mol. The first-order valence-corrected chi connectivity index (χ1v) is 25.0. The smallest absolute Gasteiger partial charge is 0.140 e. The maximum absolute atomic E-state index is 6.49. The fourth-order valence-corrected chi connectivity index (χ4v) is 13.4. The highest BCUT2D eigenvalue weighted by molar-refractivity contribution is 6.77. The van der Waals surface area contributed by atoms with E-state index in [1.807, 2.05) is 0 Å². The van der Waals surface area contributed by atoms with Crippen LogP contribution < -0.4 is 115 Å². The van der Waals surface area contributed by atoms with E-state index < -0.39 is 0 Å². The minimum Gasteiger partial charge on any atom is -0.456 e. The summed E-state index contributed by atoms with van der Waals surface area (Å²) < 4.78 is 6.49. The molecule has 0 N–H and O–H groups in total. The lowest BCUT2D eigenvalue weighted by molar-refractivity contribution is 0.669. The standard InChI is InChI=1S/C46H49B21O/c47-26-16(21-22(34(55)44(65)43(64)33(21)54)23-25(26)38(59)46(67)45(66)35(23)56)14-17-19(31(52)41(62)39(60)29(17)50)15(20-18(14)30(51)40(61)42(63)32(20)53)24-36(57)27(48)13(28(49)37(24)58)9-5-3-7-11-12(9)8-4-1-2-6-10(8)68-11/h1-7H,47-67H2. The Labute approximate surface area is 422 Å². The number of hydrogen-bond acceptors (Lipinski definition) is 1. The summed E-state index contributed by atoms with van der Waals surface area (Å²) in [5.41, 5.74) is 39.1. The molecule has 10 aromatic rings. The summed E-state index contributed by atoms with van der Waals surface area (Å²) >= 11 is 0. The van der Waals surface area contributed by atoms with Gasteiger partial charge in [0.05, 0.1) is 0 Å². The monoisotopic (exact) mass is 849 g/mol. The highest BCUT2D eigenvalue weighted by Gasteiger charge is 2.31. The van der Waals surface area contributed by atoms with Gasteiger partial charge in [-0.3, -0.25) is 0 Å². The van der Waals surface area contributed by atoms with Crippen molar-refractivity contribution in [2.24, 2.45) is 0 Å². The van der Waals surface area contributed by atoms with Crippen molar-refractivity contribution in [1.29, 1.82) is 0 Å². The number of para-hydroxylation sites is 1. The molecule has 22 heteroatoms. The number of rotatable bonds is 3. The summed E-state index contributed by atoms with van der Waals surface area (Å²) in [5.74, 6) is 0. The van der Waals surface area contributed by atoms with Gasteiger partial charge in [0, 0.05) is 10.8 Å². The molecular formula is C46H49B21O. The molecule has 1 aromatic heterocycles. The van der Waals surface area contributed by atoms with Gasteiger partial charge in [-0.15, -0.1) is 43.7 Å². The number of furan rings is 1. The lowest BCUT2D eigenvalue weighted by Gasteiger charge is -2.33. The van der Waals surface area contributed by atoms with Crippen LogP contribution in [0.5, 0.6) is 0 Å². The van der Waals surface area contributed by atoms with E-state index in [1.54, 1.807) is 0 Å². The van der Waals surface area contributed by atoms with Crippen LogP contribution >= 0.6 is 0 Å². The third kappa shape index (κ3) is 6.00. The van der Waals surface area contributed by atoms with Crippen LogP contribution in [0, 0.1) is 0 Å². The Balaban J connectivity index is 1.51. The first-order chi connectivity index (χ1) is 32.1. The van der Waals surface area contributed by atoms with Crippen LogP contribution in [-0.2, 0) is 0 Å². The molecule has 1 heterocycles. The van der Waals surface area contributed by atoms with Crippen LogP contribution in [0.3, 0.4) is 0 Å². The Morgan fingerprint density at radius 2 is 0.529 bits per heavy atom. The van der Waals surface area contributed by atoms with Crippen LogP contribution in [-0.4, -0.2) is 165 Å². The molecule has 0 saturated heterocycles. The van der Waals surface area contributed by atoms with Crippen LogP contribution in [0.4, 0.5) is 0 Å². The lowest BCUT2D eigenvalue weighted by atomic mass is 9.55. The van der Waals surface area contributed by atoms with E-state index in [-0.39, 0.29) is 0 Å². The van der Waals surface area contributed by atoms with E-state index in [0.29, 0.717) is 0 Å². The number of benzene rings is 9. The average molecular weight is 845 g/mol. The molecule has 0 radical (unpaired) electrons. The van der Waals surface area contributed by atoms with E-state index in [9.17, 15) is 0 Å². The van der Waals surface area contributed by atoms with Gasteiger partial charge < -0.3 is 4.42 Å². The number of hydrogen-bond donors (Lipinski definition) is 0. The number of fused-ring (bicyclic) bond motifs is 8. The molecule has 0 amide bonds. The highest BCUT2D eigenvalue weighted by Crippen LogP contribution is 2.42. The van der Waals surface area contributed by atoms with Gasteiger partial charge in [-0.25, -0.2) is 0 Å². The molecule has 0 bridgehead atoms. The second-order valence-electron chi connectivity index (χ2n) is 21.3. The zero-order chi connectivity index (χ0) is 49.2. The molecule has 0 aliphatic carbocycles. The van der Waals surface area contributed by atoms with Crippen molar-refractivity contribution in [2.45, 2.75) is 0 Å². The first kappa shape index (κ1) is 46.9. The Bertz CT molecular complexity index is 3930. The molecule has 0 unspecified atom stereocenters. The van der Waals surface area contributed by atoms with Crippen LogP contribution in [0.15, 0.2) is 46.9 Å². The fourth-order valence-electron chi connectivity index (χ4n) is 13.4. The molecule has 68 heavy (non-hydrogen) atoms. The topological polar surface area (TPSA) is 13.1 Å². The minimum atomic E-state index is 0.932.